The van der Waals surface area contributed by atoms with E-state index in [1.165, 1.54) is 5.56 Å². The van der Waals surface area contributed by atoms with Crippen LogP contribution in [0.3, 0.4) is 0 Å². The Balaban J connectivity index is 0.000000196. The number of rotatable bonds is 5. The standard InChI is InChI=1S/C16H21NO2.C12H15NO2/c1-10(2)8-19-15-7-14-6-11(3)17(9-18)16(14)13(5)12(15)4;1-7-4-10-5-11(15)8(2)9(3)12(10)13(7)6-14/h7,9,11H,1,6,8H2,2-5H3;5-7,15H,4H2,1-3H3. The molecule has 0 fully saturated rings. The fraction of sp³-hybridized carbons (Fsp3) is 0.429. The van der Waals surface area contributed by atoms with Gasteiger partial charge in [0.1, 0.15) is 18.1 Å². The number of ether oxygens (including phenoxy) is 1. The highest BCUT2D eigenvalue weighted by Gasteiger charge is 2.30. The first-order valence-corrected chi connectivity index (χ1v) is 11.7. The summed E-state index contributed by atoms with van der Waals surface area (Å²) in [4.78, 5) is 25.8. The van der Waals surface area contributed by atoms with Crippen molar-refractivity contribution >= 4 is 24.2 Å². The summed E-state index contributed by atoms with van der Waals surface area (Å²) in [7, 11) is 0. The van der Waals surface area contributed by atoms with Gasteiger partial charge in [-0.2, -0.15) is 0 Å². The Morgan fingerprint density at radius 2 is 1.41 bits per heavy atom. The Labute approximate surface area is 202 Å². The summed E-state index contributed by atoms with van der Waals surface area (Å²) < 4.78 is 5.80. The first-order chi connectivity index (χ1) is 16.0. The highest BCUT2D eigenvalue weighted by molar-refractivity contribution is 5.85. The van der Waals surface area contributed by atoms with E-state index in [-0.39, 0.29) is 12.1 Å². The SMILES string of the molecule is C=C(C)COc1cc2c(c(C)c1C)N(C=O)C(C)C2.Cc1c(O)cc2c(c1C)N(C=O)C(C)C2. The molecule has 0 aliphatic carbocycles. The van der Waals surface area contributed by atoms with E-state index in [4.69, 9.17) is 4.74 Å². The normalized spacial score (nSPS) is 18.1. The van der Waals surface area contributed by atoms with Crippen molar-refractivity contribution in [2.24, 2.45) is 0 Å². The number of hydrogen-bond donors (Lipinski definition) is 1. The van der Waals surface area contributed by atoms with Crippen molar-refractivity contribution < 1.29 is 19.4 Å². The monoisotopic (exact) mass is 464 g/mol. The molecule has 2 atom stereocenters. The van der Waals surface area contributed by atoms with Gasteiger partial charge in [-0.3, -0.25) is 9.59 Å². The molecule has 2 aromatic rings. The maximum atomic E-state index is 11.2. The zero-order chi connectivity index (χ0) is 25.3. The second kappa shape index (κ2) is 9.92. The van der Waals surface area contributed by atoms with E-state index in [2.05, 4.69) is 26.5 Å². The van der Waals surface area contributed by atoms with E-state index < -0.39 is 0 Å². The third-order valence-corrected chi connectivity index (χ3v) is 7.01. The number of fused-ring (bicyclic) bond motifs is 2. The average molecular weight is 465 g/mol. The molecule has 1 N–H and O–H groups in total. The number of phenolic OH excluding ortho intramolecular Hbond substituents is 1. The second-order valence-corrected chi connectivity index (χ2v) is 9.66. The highest BCUT2D eigenvalue weighted by atomic mass is 16.5. The lowest BCUT2D eigenvalue weighted by molar-refractivity contribution is -0.108. The van der Waals surface area contributed by atoms with Crippen molar-refractivity contribution in [2.45, 2.75) is 73.4 Å². The predicted molar refractivity (Wildman–Crippen MR) is 137 cm³/mol. The summed E-state index contributed by atoms with van der Waals surface area (Å²) in [6.45, 7) is 18.3. The number of aromatic hydroxyl groups is 1. The Bertz CT molecular complexity index is 1140. The van der Waals surface area contributed by atoms with Crippen LogP contribution in [-0.4, -0.2) is 36.6 Å². The van der Waals surface area contributed by atoms with Crippen molar-refractivity contribution in [2.75, 3.05) is 16.4 Å². The van der Waals surface area contributed by atoms with Crippen LogP contribution in [-0.2, 0) is 22.4 Å². The molecule has 2 heterocycles. The van der Waals surface area contributed by atoms with Crippen LogP contribution in [0.2, 0.25) is 0 Å². The molecule has 6 nitrogen and oxygen atoms in total. The van der Waals surface area contributed by atoms with Gasteiger partial charge in [0.05, 0.1) is 11.4 Å². The summed E-state index contributed by atoms with van der Waals surface area (Å²) in [6.07, 6.45) is 3.51. The zero-order valence-corrected chi connectivity index (χ0v) is 21.4. The molecule has 0 radical (unpaired) electrons. The van der Waals surface area contributed by atoms with Gasteiger partial charge in [-0.05, 0) is 112 Å². The van der Waals surface area contributed by atoms with Crippen LogP contribution in [0.5, 0.6) is 11.5 Å². The molecule has 2 amide bonds. The van der Waals surface area contributed by atoms with E-state index >= 15 is 0 Å². The fourth-order valence-electron chi connectivity index (χ4n) is 4.86. The maximum Gasteiger partial charge on any atom is 0.214 e. The Morgan fingerprint density at radius 3 is 1.88 bits per heavy atom. The number of nitrogens with zero attached hydrogens (tertiary/aromatic N) is 2. The lowest BCUT2D eigenvalue weighted by Gasteiger charge is -2.20. The Hall–Kier alpha value is -3.28. The van der Waals surface area contributed by atoms with E-state index in [9.17, 15) is 14.7 Å². The summed E-state index contributed by atoms with van der Waals surface area (Å²) >= 11 is 0. The zero-order valence-electron chi connectivity index (χ0n) is 21.4. The fourth-order valence-corrected chi connectivity index (χ4v) is 4.86. The van der Waals surface area contributed by atoms with E-state index in [0.717, 1.165) is 76.2 Å². The van der Waals surface area contributed by atoms with Gasteiger partial charge in [0.25, 0.3) is 0 Å². The van der Waals surface area contributed by atoms with Crippen LogP contribution in [0.4, 0.5) is 11.4 Å². The van der Waals surface area contributed by atoms with Crippen molar-refractivity contribution in [3.63, 3.8) is 0 Å². The number of phenols is 1. The lowest BCUT2D eigenvalue weighted by Crippen LogP contribution is -2.27. The van der Waals surface area contributed by atoms with Crippen molar-refractivity contribution in [1.82, 2.24) is 0 Å². The second-order valence-electron chi connectivity index (χ2n) is 9.66. The molecular formula is C28H36N2O4. The lowest BCUT2D eigenvalue weighted by atomic mass is 10.0. The largest absolute Gasteiger partial charge is 0.508 e. The molecule has 0 spiro atoms. The topological polar surface area (TPSA) is 70.1 Å². The third kappa shape index (κ3) is 4.54. The maximum absolute atomic E-state index is 11.2. The number of benzene rings is 2. The molecule has 182 valence electrons. The van der Waals surface area contributed by atoms with Gasteiger partial charge in [0, 0.05) is 12.1 Å². The van der Waals surface area contributed by atoms with Crippen LogP contribution < -0.4 is 14.5 Å². The van der Waals surface area contributed by atoms with E-state index in [1.54, 1.807) is 11.0 Å². The summed E-state index contributed by atoms with van der Waals surface area (Å²) in [6, 6.07) is 4.26. The molecule has 2 aliphatic heterocycles. The molecule has 0 bridgehead atoms. The van der Waals surface area contributed by atoms with Gasteiger partial charge >= 0.3 is 0 Å². The summed E-state index contributed by atoms with van der Waals surface area (Å²) in [5.41, 5.74) is 9.38. The van der Waals surface area contributed by atoms with Gasteiger partial charge in [0.15, 0.2) is 0 Å². The molecule has 0 saturated carbocycles. The van der Waals surface area contributed by atoms with Crippen LogP contribution in [0.25, 0.3) is 0 Å². The van der Waals surface area contributed by atoms with Gasteiger partial charge in [-0.1, -0.05) is 6.58 Å². The first kappa shape index (κ1) is 25.3. The molecule has 2 unspecified atom stereocenters. The van der Waals surface area contributed by atoms with E-state index in [0.29, 0.717) is 12.4 Å². The first-order valence-electron chi connectivity index (χ1n) is 11.7. The van der Waals surface area contributed by atoms with Gasteiger partial charge in [0.2, 0.25) is 12.8 Å². The molecule has 2 aromatic carbocycles. The highest BCUT2D eigenvalue weighted by Crippen LogP contribution is 2.40. The van der Waals surface area contributed by atoms with Crippen LogP contribution >= 0.6 is 0 Å². The van der Waals surface area contributed by atoms with Crippen LogP contribution in [0.15, 0.2) is 24.3 Å². The van der Waals surface area contributed by atoms with Gasteiger partial charge < -0.3 is 19.6 Å². The molecule has 4 rings (SSSR count). The molecule has 0 aromatic heterocycles. The molecule has 6 heteroatoms. The number of amides is 2. The average Bonchev–Trinajstić information content (AvgIpc) is 3.28. The number of carbonyl (C=O) groups is 2. The minimum Gasteiger partial charge on any atom is -0.508 e. The third-order valence-electron chi connectivity index (χ3n) is 7.01. The summed E-state index contributed by atoms with van der Waals surface area (Å²) in [5, 5.41) is 9.70. The molecule has 2 aliphatic rings. The molecular weight excluding hydrogens is 428 g/mol. The minimum atomic E-state index is 0.192. The van der Waals surface area contributed by atoms with Gasteiger partial charge in [-0.15, -0.1) is 0 Å². The van der Waals surface area contributed by atoms with Crippen molar-refractivity contribution in [3.8, 4) is 11.5 Å². The van der Waals surface area contributed by atoms with Crippen LogP contribution in [0, 0.1) is 27.7 Å². The van der Waals surface area contributed by atoms with Crippen molar-refractivity contribution in [1.29, 1.82) is 0 Å². The predicted octanol–water partition coefficient (Wildman–Crippen LogP) is 5.08. The summed E-state index contributed by atoms with van der Waals surface area (Å²) in [5.74, 6) is 1.23. The number of anilines is 2. The molecule has 34 heavy (non-hydrogen) atoms. The minimum absolute atomic E-state index is 0.192. The van der Waals surface area contributed by atoms with Gasteiger partial charge in [-0.25, -0.2) is 0 Å². The molecule has 0 saturated heterocycles. The quantitative estimate of drug-likeness (QED) is 0.495. The Morgan fingerprint density at radius 1 is 0.941 bits per heavy atom. The number of carbonyl (C=O) groups excluding carboxylic acids is 2. The van der Waals surface area contributed by atoms with Crippen LogP contribution in [0.1, 0.15) is 54.2 Å². The van der Waals surface area contributed by atoms with Crippen molar-refractivity contribution in [3.05, 3.63) is 57.7 Å². The number of hydrogen-bond acceptors (Lipinski definition) is 4. The van der Waals surface area contributed by atoms with E-state index in [1.807, 2.05) is 39.5 Å². The Kier molecular flexibility index (Phi) is 7.39. The smallest absolute Gasteiger partial charge is 0.214 e.